The van der Waals surface area contributed by atoms with E-state index in [4.69, 9.17) is 0 Å². The molecule has 0 saturated carbocycles. The van der Waals surface area contributed by atoms with E-state index in [0.717, 1.165) is 17.9 Å². The Balaban J connectivity index is 2.30. The van der Waals surface area contributed by atoms with Gasteiger partial charge in [0.1, 0.15) is 10.9 Å². The van der Waals surface area contributed by atoms with E-state index in [0.29, 0.717) is 11.0 Å². The van der Waals surface area contributed by atoms with E-state index in [2.05, 4.69) is 22.0 Å². The molecule has 17 heavy (non-hydrogen) atoms. The van der Waals surface area contributed by atoms with Crippen LogP contribution in [0.15, 0.2) is 15.1 Å². The summed E-state index contributed by atoms with van der Waals surface area (Å²) < 4.78 is 0. The molecule has 0 fully saturated rings. The zero-order valence-corrected chi connectivity index (χ0v) is 10.5. The molecule has 2 amide bonds. The predicted octanol–water partition coefficient (Wildman–Crippen LogP) is 1.38. The van der Waals surface area contributed by atoms with Crippen LogP contribution in [0, 0.1) is 0 Å². The maximum absolute atomic E-state index is 11.4. The fraction of sp³-hybridized carbons (Fsp3) is 0.500. The molecule has 0 saturated heterocycles. The maximum Gasteiger partial charge on any atom is 0.255 e. The minimum absolute atomic E-state index is 0.0343. The van der Waals surface area contributed by atoms with Crippen LogP contribution in [0.5, 0.6) is 0 Å². The molecule has 2 rings (SSSR count). The first kappa shape index (κ1) is 12.0. The highest BCUT2D eigenvalue weighted by molar-refractivity contribution is 8.26. The molecular weight excluding hydrogens is 240 g/mol. The zero-order chi connectivity index (χ0) is 12.4. The highest BCUT2D eigenvalue weighted by Crippen LogP contribution is 2.27. The van der Waals surface area contributed by atoms with Gasteiger partial charge in [0.05, 0.1) is 6.42 Å². The van der Waals surface area contributed by atoms with Crippen molar-refractivity contribution in [1.29, 1.82) is 0 Å². The minimum atomic E-state index is -0.335. The maximum atomic E-state index is 11.4. The van der Waals surface area contributed by atoms with Gasteiger partial charge in [0.2, 0.25) is 5.91 Å². The molecule has 2 aliphatic rings. The summed E-state index contributed by atoms with van der Waals surface area (Å²) in [4.78, 5) is 30.1. The minimum Gasteiger partial charge on any atom is -0.273 e. The fourth-order valence-corrected chi connectivity index (χ4v) is 2.52. The number of hydrogen-bond acceptors (Lipinski definition) is 4. The molecule has 7 heteroatoms. The van der Waals surface area contributed by atoms with Crippen LogP contribution in [-0.2, 0) is 9.59 Å². The van der Waals surface area contributed by atoms with Gasteiger partial charge in [0, 0.05) is 6.92 Å². The van der Waals surface area contributed by atoms with E-state index in [9.17, 15) is 9.59 Å². The third-order valence-corrected chi connectivity index (χ3v) is 3.09. The molecule has 0 aromatic heterocycles. The molecule has 0 aromatic rings. The summed E-state index contributed by atoms with van der Waals surface area (Å²) in [6.07, 6.45) is 1.84. The van der Waals surface area contributed by atoms with Crippen molar-refractivity contribution in [3.8, 4) is 0 Å². The molecule has 2 aliphatic heterocycles. The van der Waals surface area contributed by atoms with Crippen molar-refractivity contribution in [3.05, 3.63) is 0 Å². The molecule has 0 radical (unpaired) electrons. The second-order valence-electron chi connectivity index (χ2n) is 3.67. The van der Waals surface area contributed by atoms with Crippen molar-refractivity contribution in [2.45, 2.75) is 33.1 Å². The summed E-state index contributed by atoms with van der Waals surface area (Å²) in [5, 5.41) is 7.22. The average molecular weight is 252 g/mol. The van der Waals surface area contributed by atoms with Crippen LogP contribution in [0.4, 0.5) is 0 Å². The normalized spacial score (nSPS) is 21.4. The number of rotatable bonds is 2. The summed E-state index contributed by atoms with van der Waals surface area (Å²) in [6, 6.07) is 0. The Morgan fingerprint density at radius 2 is 2.35 bits per heavy atom. The van der Waals surface area contributed by atoms with Crippen LogP contribution >= 0.6 is 11.8 Å². The second-order valence-corrected chi connectivity index (χ2v) is 4.71. The van der Waals surface area contributed by atoms with Gasteiger partial charge < -0.3 is 0 Å². The first-order valence-electron chi connectivity index (χ1n) is 5.35. The number of nitrogens with zero attached hydrogens (tertiary/aromatic N) is 4. The molecular formula is C10H12N4O2S. The fourth-order valence-electron chi connectivity index (χ4n) is 1.50. The number of thioether (sulfide) groups is 1. The van der Waals surface area contributed by atoms with E-state index < -0.39 is 0 Å². The number of aliphatic imine (C=N–C) groups is 2. The van der Waals surface area contributed by atoms with Gasteiger partial charge in [0.15, 0.2) is 5.17 Å². The van der Waals surface area contributed by atoms with E-state index in [-0.39, 0.29) is 18.2 Å². The van der Waals surface area contributed by atoms with Gasteiger partial charge in [-0.3, -0.25) is 9.59 Å². The summed E-state index contributed by atoms with van der Waals surface area (Å²) in [6.45, 7) is 3.40. The molecule has 0 N–H and O–H groups in total. The van der Waals surface area contributed by atoms with Crippen LogP contribution in [-0.4, -0.2) is 32.9 Å². The molecule has 0 aliphatic carbocycles. The number of hydrogen-bond donors (Lipinski definition) is 0. The van der Waals surface area contributed by atoms with Gasteiger partial charge in [-0.15, -0.1) is 0 Å². The lowest BCUT2D eigenvalue weighted by Gasteiger charge is -2.18. The Hall–Kier alpha value is -1.50. The third kappa shape index (κ3) is 2.60. The van der Waals surface area contributed by atoms with Gasteiger partial charge >= 0.3 is 0 Å². The van der Waals surface area contributed by atoms with E-state index in [1.54, 1.807) is 0 Å². The first-order chi connectivity index (χ1) is 8.10. The predicted molar refractivity (Wildman–Crippen MR) is 66.9 cm³/mol. The Morgan fingerprint density at radius 1 is 1.59 bits per heavy atom. The van der Waals surface area contributed by atoms with Gasteiger partial charge in [-0.2, -0.15) is 20.1 Å². The molecule has 0 aromatic carbocycles. The van der Waals surface area contributed by atoms with Crippen molar-refractivity contribution in [2.24, 2.45) is 15.1 Å². The smallest absolute Gasteiger partial charge is 0.255 e. The standard InChI is InChI=1S/C10H12N4O2S/c1-3-4-9-13-14-7(11-6(2)15)5-8(16)12-10(14)17-9/h3-5H2,1-2H3. The summed E-state index contributed by atoms with van der Waals surface area (Å²) in [5.74, 6) is -0.249. The number of carbonyl (C=O) groups excluding carboxylic acids is 2. The number of carbonyl (C=O) groups is 2. The molecule has 90 valence electrons. The molecule has 0 bridgehead atoms. The Morgan fingerprint density at radius 3 is 3.00 bits per heavy atom. The Kier molecular flexibility index (Phi) is 3.37. The highest BCUT2D eigenvalue weighted by Gasteiger charge is 2.32. The number of amides is 2. The van der Waals surface area contributed by atoms with Crippen molar-refractivity contribution < 1.29 is 9.59 Å². The summed E-state index contributed by atoms with van der Waals surface area (Å²) in [7, 11) is 0. The van der Waals surface area contributed by atoms with Crippen molar-refractivity contribution >= 4 is 39.6 Å². The lowest BCUT2D eigenvalue weighted by molar-refractivity contribution is -0.116. The third-order valence-electron chi connectivity index (χ3n) is 2.13. The van der Waals surface area contributed by atoms with Gasteiger partial charge in [-0.25, -0.2) is 0 Å². The van der Waals surface area contributed by atoms with E-state index >= 15 is 0 Å². The van der Waals surface area contributed by atoms with Crippen molar-refractivity contribution in [2.75, 3.05) is 0 Å². The largest absolute Gasteiger partial charge is 0.273 e. The molecule has 0 atom stereocenters. The topological polar surface area (TPSA) is 74.5 Å². The Bertz CT molecular complexity index is 467. The zero-order valence-electron chi connectivity index (χ0n) is 9.63. The number of hydrazone groups is 1. The Labute approximate surface area is 103 Å². The average Bonchev–Trinajstić information content (AvgIpc) is 2.60. The number of amidine groups is 2. The van der Waals surface area contributed by atoms with Gasteiger partial charge in [-0.05, 0) is 24.6 Å². The van der Waals surface area contributed by atoms with Gasteiger partial charge in [-0.1, -0.05) is 6.92 Å². The lowest BCUT2D eigenvalue weighted by Crippen LogP contribution is -2.34. The first-order valence-corrected chi connectivity index (χ1v) is 6.17. The van der Waals surface area contributed by atoms with Gasteiger partial charge in [0.25, 0.3) is 5.91 Å². The van der Waals surface area contributed by atoms with Crippen molar-refractivity contribution in [3.63, 3.8) is 0 Å². The highest BCUT2D eigenvalue weighted by atomic mass is 32.2. The SMILES string of the molecule is CCCC1=NN2C(=NC(C)=O)CC(=O)N=C2S1. The second kappa shape index (κ2) is 4.79. The quantitative estimate of drug-likeness (QED) is 0.744. The van der Waals surface area contributed by atoms with Crippen LogP contribution in [0.2, 0.25) is 0 Å². The van der Waals surface area contributed by atoms with Crippen molar-refractivity contribution in [1.82, 2.24) is 5.01 Å². The summed E-state index contributed by atoms with van der Waals surface area (Å²) >= 11 is 1.37. The summed E-state index contributed by atoms with van der Waals surface area (Å²) in [5.41, 5.74) is 0. The molecule has 6 nitrogen and oxygen atoms in total. The lowest BCUT2D eigenvalue weighted by atomic mass is 10.3. The number of fused-ring (bicyclic) bond motifs is 1. The molecule has 2 heterocycles. The molecule has 0 spiro atoms. The van der Waals surface area contributed by atoms with E-state index in [1.165, 1.54) is 23.7 Å². The van der Waals surface area contributed by atoms with Crippen LogP contribution in [0.25, 0.3) is 0 Å². The van der Waals surface area contributed by atoms with Crippen LogP contribution < -0.4 is 0 Å². The van der Waals surface area contributed by atoms with Crippen LogP contribution in [0.3, 0.4) is 0 Å². The molecule has 0 unspecified atom stereocenters. The van der Waals surface area contributed by atoms with E-state index in [1.807, 2.05) is 0 Å². The monoisotopic (exact) mass is 252 g/mol. The van der Waals surface area contributed by atoms with Crippen LogP contribution in [0.1, 0.15) is 33.1 Å².